The van der Waals surface area contributed by atoms with E-state index in [4.69, 9.17) is 5.73 Å². The summed E-state index contributed by atoms with van der Waals surface area (Å²) >= 11 is 0. The van der Waals surface area contributed by atoms with Gasteiger partial charge in [0.15, 0.2) is 0 Å². The van der Waals surface area contributed by atoms with Crippen molar-refractivity contribution in [2.75, 3.05) is 10.6 Å². The van der Waals surface area contributed by atoms with Crippen molar-refractivity contribution in [3.05, 3.63) is 60.2 Å². The molecule has 0 saturated carbocycles. The molecule has 11 nitrogen and oxygen atoms in total. The molecule has 1 aliphatic heterocycles. The number of benzene rings is 2. The molecular weight excluding hydrogens is 512 g/mol. The van der Waals surface area contributed by atoms with Crippen LogP contribution in [0.5, 0.6) is 0 Å². The van der Waals surface area contributed by atoms with Crippen LogP contribution in [0.25, 0.3) is 0 Å². The van der Waals surface area contributed by atoms with Gasteiger partial charge in [-0.3, -0.25) is 14.4 Å². The van der Waals surface area contributed by atoms with Gasteiger partial charge in [0, 0.05) is 30.4 Å². The number of carbonyl (C=O) groups is 5. The Morgan fingerprint density at radius 3 is 2.02 bits per heavy atom. The maximum atomic E-state index is 13.6. The highest BCUT2D eigenvalue weighted by atomic mass is 16.2. The summed E-state index contributed by atoms with van der Waals surface area (Å²) in [5.74, 6) is -1.53. The van der Waals surface area contributed by atoms with Gasteiger partial charge in [0.2, 0.25) is 11.8 Å². The average Bonchev–Trinajstić information content (AvgIpc) is 3.02. The molecule has 5 N–H and O–H groups in total. The first-order chi connectivity index (χ1) is 18.8. The minimum Gasteiger partial charge on any atom is -0.370 e. The van der Waals surface area contributed by atoms with Gasteiger partial charge in [-0.25, -0.2) is 14.5 Å². The number of nitrogens with zero attached hydrogens (tertiary/aromatic N) is 2. The quantitative estimate of drug-likeness (QED) is 0.314. The Bertz CT molecular complexity index is 1250. The largest absolute Gasteiger partial charge is 0.370 e. The van der Waals surface area contributed by atoms with E-state index < -0.39 is 47.4 Å². The van der Waals surface area contributed by atoms with E-state index in [2.05, 4.69) is 16.0 Å². The zero-order valence-electron chi connectivity index (χ0n) is 23.6. The Morgan fingerprint density at radius 1 is 0.900 bits per heavy atom. The van der Waals surface area contributed by atoms with Gasteiger partial charge in [-0.2, -0.15) is 0 Å². The third-order valence-electron chi connectivity index (χ3n) is 6.64. The summed E-state index contributed by atoms with van der Waals surface area (Å²) in [6.45, 7) is 8.86. The minimum atomic E-state index is -1.20. The van der Waals surface area contributed by atoms with Gasteiger partial charge in [0.05, 0.1) is 0 Å². The number of carbonyl (C=O) groups excluding carboxylic acids is 5. The number of rotatable bonds is 11. The molecule has 2 atom stereocenters. The Hall–Kier alpha value is -4.41. The van der Waals surface area contributed by atoms with Crippen molar-refractivity contribution in [1.29, 1.82) is 0 Å². The molecule has 2 aromatic carbocycles. The molecule has 2 aromatic rings. The molecule has 0 aliphatic carbocycles. The molecule has 0 spiro atoms. The lowest BCUT2D eigenvalue weighted by Crippen LogP contribution is -2.53. The van der Waals surface area contributed by atoms with Crippen LogP contribution in [0.4, 0.5) is 21.0 Å². The number of nitrogens with one attached hydrogen (secondary N) is 3. The lowest BCUT2D eigenvalue weighted by atomic mass is 9.99. The van der Waals surface area contributed by atoms with Gasteiger partial charge < -0.3 is 26.6 Å². The van der Waals surface area contributed by atoms with Crippen LogP contribution in [0.2, 0.25) is 0 Å². The van der Waals surface area contributed by atoms with Gasteiger partial charge in [-0.1, -0.05) is 44.2 Å². The molecule has 0 bridgehead atoms. The Balaban J connectivity index is 1.73. The molecule has 1 aliphatic rings. The lowest BCUT2D eigenvalue weighted by molar-refractivity contribution is -0.139. The normalized spacial score (nSPS) is 16.1. The molecule has 1 heterocycles. The predicted molar refractivity (Wildman–Crippen MR) is 152 cm³/mol. The Kier molecular flexibility index (Phi) is 9.51. The summed E-state index contributed by atoms with van der Waals surface area (Å²) in [7, 11) is 0. The second-order valence-corrected chi connectivity index (χ2v) is 11.0. The van der Waals surface area contributed by atoms with Gasteiger partial charge in [-0.05, 0) is 62.9 Å². The van der Waals surface area contributed by atoms with Crippen molar-refractivity contribution in [2.24, 2.45) is 11.7 Å². The maximum Gasteiger partial charge on any atom is 0.328 e. The molecule has 214 valence electrons. The summed E-state index contributed by atoms with van der Waals surface area (Å²) in [6, 6.07) is 13.5. The van der Waals surface area contributed by atoms with Crippen molar-refractivity contribution in [3.8, 4) is 0 Å². The highest BCUT2D eigenvalue weighted by molar-refractivity contribution is 6.09. The molecule has 7 amide bonds. The van der Waals surface area contributed by atoms with Crippen molar-refractivity contribution in [1.82, 2.24) is 15.1 Å². The summed E-state index contributed by atoms with van der Waals surface area (Å²) in [6.07, 6.45) is 0.209. The third kappa shape index (κ3) is 7.37. The summed E-state index contributed by atoms with van der Waals surface area (Å²) in [4.78, 5) is 66.4. The molecule has 0 aromatic heterocycles. The fraction of sp³-hybridized carbons (Fsp3) is 0.414. The number of amides is 7. The van der Waals surface area contributed by atoms with E-state index in [-0.39, 0.29) is 25.3 Å². The van der Waals surface area contributed by atoms with Crippen LogP contribution in [0.15, 0.2) is 54.6 Å². The first kappa shape index (κ1) is 30.1. The van der Waals surface area contributed by atoms with Gasteiger partial charge in [0.1, 0.15) is 11.6 Å². The van der Waals surface area contributed by atoms with Crippen LogP contribution in [0.3, 0.4) is 0 Å². The first-order valence-corrected chi connectivity index (χ1v) is 13.3. The first-order valence-electron chi connectivity index (χ1n) is 13.3. The molecule has 0 radical (unpaired) electrons. The molecule has 3 rings (SSSR count). The van der Waals surface area contributed by atoms with E-state index in [1.165, 1.54) is 4.90 Å². The number of imide groups is 1. The van der Waals surface area contributed by atoms with E-state index in [0.29, 0.717) is 11.4 Å². The van der Waals surface area contributed by atoms with Crippen LogP contribution in [-0.4, -0.2) is 57.2 Å². The summed E-state index contributed by atoms with van der Waals surface area (Å²) in [5.41, 5.74) is 6.00. The topological polar surface area (TPSA) is 154 Å². The Labute approximate surface area is 234 Å². The number of urea groups is 2. The monoisotopic (exact) mass is 550 g/mol. The number of para-hydroxylation sites is 1. The van der Waals surface area contributed by atoms with Crippen molar-refractivity contribution in [2.45, 2.75) is 71.6 Å². The predicted octanol–water partition coefficient (Wildman–Crippen LogP) is 3.67. The standard InChI is InChI=1S/C29H38N6O5/c1-18(2)15-23(25(37)31-19(3)16-24(30)36)35-26(38)29(4,5)34(28(35)40)17-20-11-13-22(14-12-20)33-27(39)32-21-9-7-6-8-10-21/h6-14,18-19,23H,15-17H2,1-5H3,(H2,30,36)(H,31,37)(H2,32,33,39)/t19?,23-/m0/s1. The molecule has 40 heavy (non-hydrogen) atoms. The number of hydrogen-bond acceptors (Lipinski definition) is 5. The highest BCUT2D eigenvalue weighted by Gasteiger charge is 2.54. The smallest absolute Gasteiger partial charge is 0.328 e. The van der Waals surface area contributed by atoms with E-state index in [1.54, 1.807) is 57.2 Å². The molecule has 1 fully saturated rings. The van der Waals surface area contributed by atoms with E-state index in [1.807, 2.05) is 32.0 Å². The number of nitrogens with two attached hydrogens (primary N) is 1. The minimum absolute atomic E-state index is 0.0131. The zero-order chi connectivity index (χ0) is 29.6. The second kappa shape index (κ2) is 12.6. The van der Waals surface area contributed by atoms with E-state index in [9.17, 15) is 24.0 Å². The van der Waals surface area contributed by atoms with Gasteiger partial charge >= 0.3 is 12.1 Å². The number of anilines is 2. The van der Waals surface area contributed by atoms with E-state index >= 15 is 0 Å². The molecular formula is C29H38N6O5. The average molecular weight is 551 g/mol. The van der Waals surface area contributed by atoms with Crippen molar-refractivity contribution in [3.63, 3.8) is 0 Å². The number of hydrogen-bond donors (Lipinski definition) is 4. The van der Waals surface area contributed by atoms with Crippen molar-refractivity contribution < 1.29 is 24.0 Å². The second-order valence-electron chi connectivity index (χ2n) is 11.0. The van der Waals surface area contributed by atoms with Crippen LogP contribution >= 0.6 is 0 Å². The number of primary amides is 1. The van der Waals surface area contributed by atoms with Crippen LogP contribution in [-0.2, 0) is 20.9 Å². The molecule has 1 unspecified atom stereocenters. The molecule has 11 heteroatoms. The Morgan fingerprint density at radius 2 is 1.48 bits per heavy atom. The fourth-order valence-corrected chi connectivity index (χ4v) is 4.57. The van der Waals surface area contributed by atoms with Gasteiger partial charge in [-0.15, -0.1) is 0 Å². The lowest BCUT2D eigenvalue weighted by Gasteiger charge is -2.28. The van der Waals surface area contributed by atoms with Crippen LogP contribution in [0, 0.1) is 5.92 Å². The maximum absolute atomic E-state index is 13.6. The summed E-state index contributed by atoms with van der Waals surface area (Å²) in [5, 5.41) is 8.22. The molecule has 1 saturated heterocycles. The van der Waals surface area contributed by atoms with Crippen molar-refractivity contribution >= 4 is 41.2 Å². The highest BCUT2D eigenvalue weighted by Crippen LogP contribution is 2.33. The van der Waals surface area contributed by atoms with Gasteiger partial charge in [0.25, 0.3) is 5.91 Å². The zero-order valence-corrected chi connectivity index (χ0v) is 23.6. The van der Waals surface area contributed by atoms with Crippen LogP contribution in [0.1, 0.15) is 53.0 Å². The summed E-state index contributed by atoms with van der Waals surface area (Å²) < 4.78 is 0. The SMILES string of the molecule is CC(C)C[C@@H](C(=O)NC(C)CC(N)=O)N1C(=O)N(Cc2ccc(NC(=O)Nc3ccccc3)cc2)C(C)(C)C1=O. The van der Waals surface area contributed by atoms with Crippen LogP contribution < -0.4 is 21.7 Å². The fourth-order valence-electron chi connectivity index (χ4n) is 4.57. The van der Waals surface area contributed by atoms with E-state index in [0.717, 1.165) is 10.5 Å². The third-order valence-corrected chi connectivity index (χ3v) is 6.64.